The van der Waals surface area contributed by atoms with Gasteiger partial charge in [0.05, 0.1) is 0 Å². The highest BCUT2D eigenvalue weighted by atomic mass is 32.1. The van der Waals surface area contributed by atoms with Crippen molar-refractivity contribution >= 4 is 33.3 Å². The molecule has 0 spiro atoms. The summed E-state index contributed by atoms with van der Waals surface area (Å²) in [4.78, 5) is 22.5. The highest BCUT2D eigenvalue weighted by Gasteiger charge is 2.06. The predicted molar refractivity (Wildman–Crippen MR) is 111 cm³/mol. The van der Waals surface area contributed by atoms with Gasteiger partial charge in [-0.15, -0.1) is 11.3 Å². The van der Waals surface area contributed by atoms with Crippen LogP contribution in [-0.2, 0) is 22.4 Å². The standard InChI is InChI=1S/C22H23NO4S/c24-21(7-3-4-17-15-28-20-6-2-1-5-19(17)20)23-13-12-16-8-10-18(11-9-16)27-14-22(25)26/h1-2,5-6,8-11,15H,3-4,7,12-14H2,(H,23,24)(H,25,26). The molecule has 1 aromatic heterocycles. The SMILES string of the molecule is O=C(O)COc1ccc(CCNC(=O)CCCc2csc3ccccc23)cc1. The summed E-state index contributed by atoms with van der Waals surface area (Å²) in [6.45, 7) is 0.228. The number of amides is 1. The first-order valence-electron chi connectivity index (χ1n) is 9.27. The summed E-state index contributed by atoms with van der Waals surface area (Å²) in [6.07, 6.45) is 2.99. The molecule has 0 atom stereocenters. The first-order chi connectivity index (χ1) is 13.6. The van der Waals surface area contributed by atoms with Gasteiger partial charge < -0.3 is 15.2 Å². The summed E-state index contributed by atoms with van der Waals surface area (Å²) in [5, 5.41) is 15.0. The van der Waals surface area contributed by atoms with Gasteiger partial charge in [-0.3, -0.25) is 4.79 Å². The maximum Gasteiger partial charge on any atom is 0.341 e. The molecule has 2 aromatic carbocycles. The number of carboxylic acid groups (broad SMARTS) is 1. The average Bonchev–Trinajstić information content (AvgIpc) is 3.11. The Morgan fingerprint density at radius 3 is 2.61 bits per heavy atom. The van der Waals surface area contributed by atoms with E-state index in [0.29, 0.717) is 18.7 Å². The van der Waals surface area contributed by atoms with Gasteiger partial charge in [0.2, 0.25) is 5.91 Å². The lowest BCUT2D eigenvalue weighted by molar-refractivity contribution is -0.139. The average molecular weight is 397 g/mol. The second kappa shape index (κ2) is 9.90. The van der Waals surface area contributed by atoms with Crippen molar-refractivity contribution in [2.45, 2.75) is 25.7 Å². The Balaban J connectivity index is 1.35. The first-order valence-corrected chi connectivity index (χ1v) is 10.1. The Kier molecular flexibility index (Phi) is 7.03. The summed E-state index contributed by atoms with van der Waals surface area (Å²) in [5.41, 5.74) is 2.38. The van der Waals surface area contributed by atoms with E-state index in [0.717, 1.165) is 24.8 Å². The molecule has 2 N–H and O–H groups in total. The van der Waals surface area contributed by atoms with E-state index in [2.05, 4.69) is 28.9 Å². The number of nitrogens with one attached hydrogen (secondary N) is 1. The smallest absolute Gasteiger partial charge is 0.341 e. The Morgan fingerprint density at radius 1 is 1.04 bits per heavy atom. The van der Waals surface area contributed by atoms with Crippen LogP contribution < -0.4 is 10.1 Å². The van der Waals surface area contributed by atoms with Crippen LogP contribution in [0.1, 0.15) is 24.0 Å². The van der Waals surface area contributed by atoms with Gasteiger partial charge in [-0.1, -0.05) is 30.3 Å². The van der Waals surface area contributed by atoms with E-state index in [1.54, 1.807) is 23.5 Å². The van der Waals surface area contributed by atoms with Crippen LogP contribution in [0.3, 0.4) is 0 Å². The molecular weight excluding hydrogens is 374 g/mol. The molecule has 1 heterocycles. The van der Waals surface area contributed by atoms with E-state index in [-0.39, 0.29) is 12.5 Å². The highest BCUT2D eigenvalue weighted by Crippen LogP contribution is 2.26. The van der Waals surface area contributed by atoms with Crippen molar-refractivity contribution in [1.82, 2.24) is 5.32 Å². The fraction of sp³-hybridized carbons (Fsp3) is 0.273. The molecule has 3 aromatic rings. The van der Waals surface area contributed by atoms with E-state index in [9.17, 15) is 9.59 Å². The van der Waals surface area contributed by atoms with E-state index in [1.807, 2.05) is 18.2 Å². The molecule has 0 bridgehead atoms. The van der Waals surface area contributed by atoms with Gasteiger partial charge in [0.15, 0.2) is 6.61 Å². The van der Waals surface area contributed by atoms with Gasteiger partial charge in [0.25, 0.3) is 0 Å². The number of aliphatic carboxylic acids is 1. The van der Waals surface area contributed by atoms with Crippen molar-refractivity contribution in [3.63, 3.8) is 0 Å². The van der Waals surface area contributed by atoms with Crippen LogP contribution in [-0.4, -0.2) is 30.1 Å². The lowest BCUT2D eigenvalue weighted by Crippen LogP contribution is -2.25. The van der Waals surface area contributed by atoms with Crippen molar-refractivity contribution in [3.8, 4) is 5.75 Å². The largest absolute Gasteiger partial charge is 0.482 e. The Bertz CT molecular complexity index is 933. The molecule has 0 fully saturated rings. The molecule has 1 amide bonds. The van der Waals surface area contributed by atoms with Gasteiger partial charge in [-0.05, 0) is 59.4 Å². The number of hydrogen-bond donors (Lipinski definition) is 2. The fourth-order valence-corrected chi connectivity index (χ4v) is 4.00. The summed E-state index contributed by atoms with van der Waals surface area (Å²) in [7, 11) is 0. The lowest BCUT2D eigenvalue weighted by atomic mass is 10.1. The highest BCUT2D eigenvalue weighted by molar-refractivity contribution is 7.17. The van der Waals surface area contributed by atoms with Gasteiger partial charge in [-0.25, -0.2) is 4.79 Å². The molecule has 0 aliphatic carbocycles. The zero-order chi connectivity index (χ0) is 19.8. The van der Waals surface area contributed by atoms with Crippen molar-refractivity contribution in [1.29, 1.82) is 0 Å². The van der Waals surface area contributed by atoms with Crippen molar-refractivity contribution in [2.24, 2.45) is 0 Å². The molecular formula is C22H23NO4S. The quantitative estimate of drug-likeness (QED) is 0.541. The first kappa shape index (κ1) is 19.9. The fourth-order valence-electron chi connectivity index (χ4n) is 3.00. The van der Waals surface area contributed by atoms with Gasteiger partial charge in [-0.2, -0.15) is 0 Å². The molecule has 0 aliphatic rings. The topological polar surface area (TPSA) is 75.6 Å². The molecule has 5 nitrogen and oxygen atoms in total. The summed E-state index contributed by atoms with van der Waals surface area (Å²) >= 11 is 1.75. The van der Waals surface area contributed by atoms with Crippen LogP contribution in [0, 0.1) is 0 Å². The molecule has 146 valence electrons. The third kappa shape index (κ3) is 5.82. The summed E-state index contributed by atoms with van der Waals surface area (Å²) < 4.78 is 6.39. The number of benzene rings is 2. The van der Waals surface area contributed by atoms with Crippen LogP contribution in [0.15, 0.2) is 53.9 Å². The molecule has 0 aliphatic heterocycles. The molecule has 0 unspecified atom stereocenters. The number of fused-ring (bicyclic) bond motifs is 1. The molecule has 0 saturated heterocycles. The van der Waals surface area contributed by atoms with Gasteiger partial charge >= 0.3 is 5.97 Å². The monoisotopic (exact) mass is 397 g/mol. The van der Waals surface area contributed by atoms with E-state index >= 15 is 0 Å². The Labute approximate surface area is 168 Å². The van der Waals surface area contributed by atoms with Crippen molar-refractivity contribution in [2.75, 3.05) is 13.2 Å². The predicted octanol–water partition coefficient (Wildman–Crippen LogP) is 4.05. The second-order valence-corrected chi connectivity index (χ2v) is 7.45. The Hall–Kier alpha value is -2.86. The minimum absolute atomic E-state index is 0.0703. The zero-order valence-electron chi connectivity index (χ0n) is 15.5. The normalized spacial score (nSPS) is 10.7. The van der Waals surface area contributed by atoms with Crippen LogP contribution in [0.4, 0.5) is 0 Å². The molecule has 0 radical (unpaired) electrons. The number of carboxylic acids is 1. The number of carbonyl (C=O) groups is 2. The van der Waals surface area contributed by atoms with Crippen molar-refractivity contribution in [3.05, 3.63) is 65.0 Å². The number of rotatable bonds is 10. The minimum Gasteiger partial charge on any atom is -0.482 e. The molecule has 28 heavy (non-hydrogen) atoms. The number of aryl methyl sites for hydroxylation is 1. The van der Waals surface area contributed by atoms with E-state index in [1.165, 1.54) is 15.6 Å². The van der Waals surface area contributed by atoms with Crippen LogP contribution >= 0.6 is 11.3 Å². The third-order valence-corrected chi connectivity index (χ3v) is 5.44. The molecule has 0 saturated carbocycles. The molecule has 6 heteroatoms. The van der Waals surface area contributed by atoms with E-state index < -0.39 is 5.97 Å². The second-order valence-electron chi connectivity index (χ2n) is 6.54. The summed E-state index contributed by atoms with van der Waals surface area (Å²) in [5.74, 6) is -0.406. The van der Waals surface area contributed by atoms with Crippen molar-refractivity contribution < 1.29 is 19.4 Å². The molecule has 3 rings (SSSR count). The number of hydrogen-bond acceptors (Lipinski definition) is 4. The van der Waals surface area contributed by atoms with Crippen LogP contribution in [0.2, 0.25) is 0 Å². The Morgan fingerprint density at radius 2 is 1.82 bits per heavy atom. The van der Waals surface area contributed by atoms with Gasteiger partial charge in [0, 0.05) is 17.7 Å². The number of ether oxygens (including phenoxy) is 1. The van der Waals surface area contributed by atoms with Gasteiger partial charge in [0.1, 0.15) is 5.75 Å². The summed E-state index contributed by atoms with van der Waals surface area (Å²) in [6, 6.07) is 15.6. The minimum atomic E-state index is -1.00. The third-order valence-electron chi connectivity index (χ3n) is 4.43. The lowest BCUT2D eigenvalue weighted by Gasteiger charge is -2.07. The van der Waals surface area contributed by atoms with Crippen LogP contribution in [0.25, 0.3) is 10.1 Å². The van der Waals surface area contributed by atoms with Crippen LogP contribution in [0.5, 0.6) is 5.75 Å². The van der Waals surface area contributed by atoms with E-state index in [4.69, 9.17) is 9.84 Å². The number of thiophene rings is 1. The maximum atomic E-state index is 12.0. The number of carbonyl (C=O) groups excluding carboxylic acids is 1. The zero-order valence-corrected chi connectivity index (χ0v) is 16.3. The maximum absolute atomic E-state index is 12.0.